The summed E-state index contributed by atoms with van der Waals surface area (Å²) in [6.45, 7) is 4.91. The molecule has 0 aliphatic heterocycles. The zero-order valence-electron chi connectivity index (χ0n) is 10.3. The second kappa shape index (κ2) is 7.91. The SMILES string of the molecule is CCCCCCON=C(C)c1ccccc1. The van der Waals surface area contributed by atoms with Crippen LogP contribution in [-0.2, 0) is 4.84 Å². The Balaban J connectivity index is 2.24. The van der Waals surface area contributed by atoms with E-state index in [0.29, 0.717) is 0 Å². The molecule has 0 fully saturated rings. The summed E-state index contributed by atoms with van der Waals surface area (Å²) in [6, 6.07) is 10.1. The van der Waals surface area contributed by atoms with Gasteiger partial charge in [0, 0.05) is 0 Å². The number of hydrogen-bond acceptors (Lipinski definition) is 2. The van der Waals surface area contributed by atoms with Crippen LogP contribution in [0.1, 0.15) is 45.1 Å². The second-order valence-corrected chi connectivity index (χ2v) is 3.94. The maximum absolute atomic E-state index is 5.28. The minimum absolute atomic E-state index is 0.726. The van der Waals surface area contributed by atoms with Gasteiger partial charge in [-0.2, -0.15) is 0 Å². The van der Waals surface area contributed by atoms with E-state index in [1.807, 2.05) is 37.3 Å². The van der Waals surface area contributed by atoms with Crippen molar-refractivity contribution in [2.24, 2.45) is 5.16 Å². The average molecular weight is 219 g/mol. The summed E-state index contributed by atoms with van der Waals surface area (Å²) in [4.78, 5) is 5.28. The Morgan fingerprint density at radius 1 is 1.12 bits per heavy atom. The van der Waals surface area contributed by atoms with E-state index in [4.69, 9.17) is 4.84 Å². The van der Waals surface area contributed by atoms with Crippen LogP contribution in [0, 0.1) is 0 Å². The molecule has 0 spiro atoms. The minimum Gasteiger partial charge on any atom is -0.396 e. The highest BCUT2D eigenvalue weighted by Crippen LogP contribution is 2.02. The molecule has 0 aliphatic rings. The van der Waals surface area contributed by atoms with Gasteiger partial charge in [-0.1, -0.05) is 55.3 Å². The zero-order valence-corrected chi connectivity index (χ0v) is 10.3. The van der Waals surface area contributed by atoms with E-state index in [0.717, 1.165) is 24.3 Å². The fraction of sp³-hybridized carbons (Fsp3) is 0.500. The van der Waals surface area contributed by atoms with E-state index in [-0.39, 0.29) is 0 Å². The number of unbranched alkanes of at least 4 members (excludes halogenated alkanes) is 3. The summed E-state index contributed by atoms with van der Waals surface area (Å²) in [7, 11) is 0. The van der Waals surface area contributed by atoms with Gasteiger partial charge in [-0.05, 0) is 25.3 Å². The van der Waals surface area contributed by atoms with Crippen LogP contribution in [0.2, 0.25) is 0 Å². The van der Waals surface area contributed by atoms with Crippen molar-refractivity contribution in [3.05, 3.63) is 35.9 Å². The smallest absolute Gasteiger partial charge is 0.117 e. The van der Waals surface area contributed by atoms with Crippen molar-refractivity contribution < 1.29 is 4.84 Å². The first-order valence-electron chi connectivity index (χ1n) is 6.06. The first-order chi connectivity index (χ1) is 7.84. The van der Waals surface area contributed by atoms with E-state index < -0.39 is 0 Å². The normalized spacial score (nSPS) is 11.5. The highest BCUT2D eigenvalue weighted by molar-refractivity contribution is 5.98. The Labute approximate surface area is 98.3 Å². The van der Waals surface area contributed by atoms with Crippen molar-refractivity contribution in [3.8, 4) is 0 Å². The first kappa shape index (κ1) is 12.8. The van der Waals surface area contributed by atoms with Gasteiger partial charge in [0.25, 0.3) is 0 Å². The maximum Gasteiger partial charge on any atom is 0.117 e. The van der Waals surface area contributed by atoms with Gasteiger partial charge in [-0.3, -0.25) is 0 Å². The van der Waals surface area contributed by atoms with Crippen molar-refractivity contribution in [2.45, 2.75) is 39.5 Å². The molecular formula is C14H21NO. The topological polar surface area (TPSA) is 21.6 Å². The molecule has 0 saturated heterocycles. The number of hydrogen-bond donors (Lipinski definition) is 0. The molecule has 2 nitrogen and oxygen atoms in total. The molecule has 88 valence electrons. The van der Waals surface area contributed by atoms with Gasteiger partial charge >= 0.3 is 0 Å². The molecule has 0 unspecified atom stereocenters. The Kier molecular flexibility index (Phi) is 6.31. The summed E-state index contributed by atoms with van der Waals surface area (Å²) in [6.07, 6.45) is 4.87. The molecule has 0 aliphatic carbocycles. The molecule has 0 saturated carbocycles. The number of rotatable bonds is 7. The summed E-state index contributed by atoms with van der Waals surface area (Å²) < 4.78 is 0. The van der Waals surface area contributed by atoms with Crippen molar-refractivity contribution in [2.75, 3.05) is 6.61 Å². The summed E-state index contributed by atoms with van der Waals surface area (Å²) in [5.74, 6) is 0. The number of oxime groups is 1. The average Bonchev–Trinajstić information content (AvgIpc) is 2.34. The molecule has 2 heteroatoms. The molecule has 16 heavy (non-hydrogen) atoms. The van der Waals surface area contributed by atoms with Crippen LogP contribution in [0.4, 0.5) is 0 Å². The Hall–Kier alpha value is -1.31. The fourth-order valence-corrected chi connectivity index (χ4v) is 1.47. The maximum atomic E-state index is 5.28. The molecule has 1 aromatic carbocycles. The molecule has 0 N–H and O–H groups in total. The van der Waals surface area contributed by atoms with E-state index >= 15 is 0 Å². The Morgan fingerprint density at radius 2 is 1.88 bits per heavy atom. The lowest BCUT2D eigenvalue weighted by molar-refractivity contribution is 0.139. The lowest BCUT2D eigenvalue weighted by atomic mass is 10.1. The van der Waals surface area contributed by atoms with E-state index in [2.05, 4.69) is 12.1 Å². The van der Waals surface area contributed by atoms with Crippen molar-refractivity contribution in [1.29, 1.82) is 0 Å². The van der Waals surface area contributed by atoms with Crippen molar-refractivity contribution in [1.82, 2.24) is 0 Å². The molecular weight excluding hydrogens is 198 g/mol. The largest absolute Gasteiger partial charge is 0.396 e. The first-order valence-corrected chi connectivity index (χ1v) is 6.06. The minimum atomic E-state index is 0.726. The molecule has 1 aromatic rings. The highest BCUT2D eigenvalue weighted by Gasteiger charge is 1.95. The van der Waals surface area contributed by atoms with Gasteiger partial charge in [-0.15, -0.1) is 0 Å². The van der Waals surface area contributed by atoms with Gasteiger partial charge in [-0.25, -0.2) is 0 Å². The van der Waals surface area contributed by atoms with Gasteiger partial charge in [0.15, 0.2) is 0 Å². The van der Waals surface area contributed by atoms with Gasteiger partial charge in [0.05, 0.1) is 5.71 Å². The Morgan fingerprint density at radius 3 is 2.56 bits per heavy atom. The van der Waals surface area contributed by atoms with Crippen LogP contribution < -0.4 is 0 Å². The van der Waals surface area contributed by atoms with Gasteiger partial charge in [0.2, 0.25) is 0 Å². The van der Waals surface area contributed by atoms with Gasteiger partial charge < -0.3 is 4.84 Å². The third kappa shape index (κ3) is 4.96. The standard InChI is InChI=1S/C14H21NO/c1-3-4-5-9-12-16-15-13(2)14-10-7-6-8-11-14/h6-8,10-11H,3-5,9,12H2,1-2H3. The van der Waals surface area contributed by atoms with Crippen LogP contribution >= 0.6 is 0 Å². The summed E-state index contributed by atoms with van der Waals surface area (Å²) in [5.41, 5.74) is 2.06. The molecule has 0 atom stereocenters. The van der Waals surface area contributed by atoms with E-state index in [9.17, 15) is 0 Å². The second-order valence-electron chi connectivity index (χ2n) is 3.94. The van der Waals surface area contributed by atoms with Crippen molar-refractivity contribution >= 4 is 5.71 Å². The number of nitrogens with zero attached hydrogens (tertiary/aromatic N) is 1. The molecule has 0 aromatic heterocycles. The molecule has 1 rings (SSSR count). The lowest BCUT2D eigenvalue weighted by Crippen LogP contribution is -1.97. The lowest BCUT2D eigenvalue weighted by Gasteiger charge is -2.02. The molecule has 0 radical (unpaired) electrons. The van der Waals surface area contributed by atoms with E-state index in [1.165, 1.54) is 19.3 Å². The molecule has 0 bridgehead atoms. The molecule has 0 heterocycles. The predicted octanol–water partition coefficient (Wildman–Crippen LogP) is 4.01. The van der Waals surface area contributed by atoms with Crippen molar-refractivity contribution in [3.63, 3.8) is 0 Å². The zero-order chi connectivity index (χ0) is 11.6. The third-order valence-corrected chi connectivity index (χ3v) is 2.48. The van der Waals surface area contributed by atoms with E-state index in [1.54, 1.807) is 0 Å². The summed E-state index contributed by atoms with van der Waals surface area (Å²) >= 11 is 0. The fourth-order valence-electron chi connectivity index (χ4n) is 1.47. The quantitative estimate of drug-likeness (QED) is 0.386. The third-order valence-electron chi connectivity index (χ3n) is 2.48. The summed E-state index contributed by atoms with van der Waals surface area (Å²) in [5, 5.41) is 4.11. The van der Waals surface area contributed by atoms with Crippen LogP contribution in [-0.4, -0.2) is 12.3 Å². The van der Waals surface area contributed by atoms with Crippen LogP contribution in [0.15, 0.2) is 35.5 Å². The Bertz CT molecular complexity index is 306. The van der Waals surface area contributed by atoms with Crippen LogP contribution in [0.3, 0.4) is 0 Å². The monoisotopic (exact) mass is 219 g/mol. The number of benzene rings is 1. The van der Waals surface area contributed by atoms with Crippen LogP contribution in [0.25, 0.3) is 0 Å². The van der Waals surface area contributed by atoms with Gasteiger partial charge in [0.1, 0.15) is 6.61 Å². The molecule has 0 amide bonds. The van der Waals surface area contributed by atoms with Crippen LogP contribution in [0.5, 0.6) is 0 Å². The highest BCUT2D eigenvalue weighted by atomic mass is 16.6. The predicted molar refractivity (Wildman–Crippen MR) is 68.7 cm³/mol.